The second-order valence-corrected chi connectivity index (χ2v) is 3.89. The molecule has 0 aliphatic heterocycles. The SMILES string of the molecule is CCC(CN)CC(=O)Nc1ccc(F)cc1F. The Labute approximate surface area is 99.0 Å². The highest BCUT2D eigenvalue weighted by atomic mass is 19.1. The maximum Gasteiger partial charge on any atom is 0.224 e. The average molecular weight is 242 g/mol. The fourth-order valence-electron chi connectivity index (χ4n) is 1.45. The minimum absolute atomic E-state index is 0.0109. The summed E-state index contributed by atoms with van der Waals surface area (Å²) in [6, 6.07) is 3.03. The van der Waals surface area contributed by atoms with Crippen molar-refractivity contribution in [2.45, 2.75) is 19.8 Å². The molecule has 5 heteroatoms. The summed E-state index contributed by atoms with van der Waals surface area (Å²) in [6.45, 7) is 2.35. The van der Waals surface area contributed by atoms with E-state index in [9.17, 15) is 13.6 Å². The lowest BCUT2D eigenvalue weighted by Crippen LogP contribution is -2.22. The Morgan fingerprint density at radius 3 is 2.71 bits per heavy atom. The number of amides is 1. The molecule has 1 aromatic rings. The Hall–Kier alpha value is -1.49. The predicted octanol–water partition coefficient (Wildman–Crippen LogP) is 2.28. The van der Waals surface area contributed by atoms with Gasteiger partial charge >= 0.3 is 0 Å². The first kappa shape index (κ1) is 13.6. The third-order valence-electron chi connectivity index (χ3n) is 2.59. The van der Waals surface area contributed by atoms with Crippen LogP contribution < -0.4 is 11.1 Å². The number of anilines is 1. The van der Waals surface area contributed by atoms with E-state index >= 15 is 0 Å². The van der Waals surface area contributed by atoms with Crippen molar-refractivity contribution in [2.24, 2.45) is 11.7 Å². The lowest BCUT2D eigenvalue weighted by atomic mass is 10.0. The molecular formula is C12H16F2N2O. The molecule has 0 saturated carbocycles. The Morgan fingerprint density at radius 2 is 2.18 bits per heavy atom. The molecule has 0 fully saturated rings. The van der Waals surface area contributed by atoms with E-state index in [-0.39, 0.29) is 23.9 Å². The fraction of sp³-hybridized carbons (Fsp3) is 0.417. The summed E-state index contributed by atoms with van der Waals surface area (Å²) >= 11 is 0. The molecule has 0 aliphatic carbocycles. The standard InChI is InChI=1S/C12H16F2N2O/c1-2-8(7-15)5-12(17)16-11-4-3-9(13)6-10(11)14/h3-4,6,8H,2,5,7,15H2,1H3,(H,16,17). The summed E-state index contributed by atoms with van der Waals surface area (Å²) in [5, 5.41) is 2.40. The molecular weight excluding hydrogens is 226 g/mol. The molecule has 0 saturated heterocycles. The first-order chi connectivity index (χ1) is 8.06. The van der Waals surface area contributed by atoms with E-state index in [2.05, 4.69) is 5.32 Å². The van der Waals surface area contributed by atoms with Crippen molar-refractivity contribution in [3.8, 4) is 0 Å². The zero-order valence-corrected chi connectivity index (χ0v) is 9.67. The summed E-state index contributed by atoms with van der Waals surface area (Å²) < 4.78 is 25.9. The first-order valence-electron chi connectivity index (χ1n) is 5.51. The summed E-state index contributed by atoms with van der Waals surface area (Å²) in [6.07, 6.45) is 1.03. The Bertz CT molecular complexity index is 392. The van der Waals surface area contributed by atoms with Crippen LogP contribution in [0.1, 0.15) is 19.8 Å². The predicted molar refractivity (Wildman–Crippen MR) is 62.4 cm³/mol. The number of hydrogen-bond donors (Lipinski definition) is 2. The van der Waals surface area contributed by atoms with Gasteiger partial charge in [0.2, 0.25) is 5.91 Å². The van der Waals surface area contributed by atoms with Crippen molar-refractivity contribution >= 4 is 11.6 Å². The molecule has 0 spiro atoms. The Kier molecular flexibility index (Phi) is 5.03. The number of rotatable bonds is 5. The summed E-state index contributed by atoms with van der Waals surface area (Å²) in [5.74, 6) is -1.68. The van der Waals surface area contributed by atoms with Crippen LogP contribution in [0.4, 0.5) is 14.5 Å². The van der Waals surface area contributed by atoms with E-state index in [1.807, 2.05) is 6.92 Å². The summed E-state index contributed by atoms with van der Waals surface area (Å²) in [5.41, 5.74) is 5.46. The monoisotopic (exact) mass is 242 g/mol. The molecule has 1 amide bonds. The van der Waals surface area contributed by atoms with Gasteiger partial charge in [0.05, 0.1) is 5.69 Å². The maximum atomic E-state index is 13.2. The molecule has 0 aromatic heterocycles. The van der Waals surface area contributed by atoms with E-state index in [4.69, 9.17) is 5.73 Å². The van der Waals surface area contributed by atoms with Gasteiger partial charge in [-0.1, -0.05) is 13.3 Å². The molecule has 1 atom stereocenters. The van der Waals surface area contributed by atoms with Crippen LogP contribution in [-0.4, -0.2) is 12.5 Å². The highest BCUT2D eigenvalue weighted by molar-refractivity contribution is 5.90. The fourth-order valence-corrected chi connectivity index (χ4v) is 1.45. The topological polar surface area (TPSA) is 55.1 Å². The van der Waals surface area contributed by atoms with Crippen molar-refractivity contribution < 1.29 is 13.6 Å². The van der Waals surface area contributed by atoms with Gasteiger partial charge in [-0.25, -0.2) is 8.78 Å². The summed E-state index contributed by atoms with van der Waals surface area (Å²) in [7, 11) is 0. The average Bonchev–Trinajstić information content (AvgIpc) is 2.29. The second-order valence-electron chi connectivity index (χ2n) is 3.89. The number of benzene rings is 1. The van der Waals surface area contributed by atoms with Crippen molar-refractivity contribution in [3.63, 3.8) is 0 Å². The number of carbonyl (C=O) groups excluding carboxylic acids is 1. The van der Waals surface area contributed by atoms with Crippen LogP contribution in [0, 0.1) is 17.6 Å². The summed E-state index contributed by atoms with van der Waals surface area (Å²) in [4.78, 5) is 11.6. The van der Waals surface area contributed by atoms with Crippen molar-refractivity contribution in [1.29, 1.82) is 0 Å². The van der Waals surface area contributed by atoms with Gasteiger partial charge in [0.1, 0.15) is 11.6 Å². The quantitative estimate of drug-likeness (QED) is 0.832. The van der Waals surface area contributed by atoms with E-state index in [0.29, 0.717) is 6.54 Å². The van der Waals surface area contributed by atoms with Gasteiger partial charge in [-0.3, -0.25) is 4.79 Å². The molecule has 1 unspecified atom stereocenters. The molecule has 94 valence electrons. The van der Waals surface area contributed by atoms with Gasteiger partial charge in [-0.05, 0) is 24.6 Å². The highest BCUT2D eigenvalue weighted by Gasteiger charge is 2.12. The minimum Gasteiger partial charge on any atom is -0.330 e. The van der Waals surface area contributed by atoms with Crippen LogP contribution in [0.2, 0.25) is 0 Å². The normalized spacial score (nSPS) is 12.2. The molecule has 17 heavy (non-hydrogen) atoms. The first-order valence-corrected chi connectivity index (χ1v) is 5.51. The van der Waals surface area contributed by atoms with Crippen LogP contribution in [0.15, 0.2) is 18.2 Å². The van der Waals surface area contributed by atoms with Crippen molar-refractivity contribution in [3.05, 3.63) is 29.8 Å². The number of carbonyl (C=O) groups is 1. The number of hydrogen-bond acceptors (Lipinski definition) is 2. The highest BCUT2D eigenvalue weighted by Crippen LogP contribution is 2.16. The van der Waals surface area contributed by atoms with Gasteiger partial charge in [0.15, 0.2) is 0 Å². The molecule has 0 heterocycles. The molecule has 0 radical (unpaired) electrons. The third-order valence-corrected chi connectivity index (χ3v) is 2.59. The molecule has 1 rings (SSSR count). The second kappa shape index (κ2) is 6.30. The van der Waals surface area contributed by atoms with Crippen LogP contribution >= 0.6 is 0 Å². The minimum atomic E-state index is -0.779. The molecule has 0 bridgehead atoms. The lowest BCUT2D eigenvalue weighted by Gasteiger charge is -2.12. The lowest BCUT2D eigenvalue weighted by molar-refractivity contribution is -0.117. The van der Waals surface area contributed by atoms with Gasteiger partial charge in [0.25, 0.3) is 0 Å². The number of nitrogens with two attached hydrogens (primary N) is 1. The number of halogens is 2. The zero-order chi connectivity index (χ0) is 12.8. The molecule has 3 nitrogen and oxygen atoms in total. The van der Waals surface area contributed by atoms with E-state index in [1.165, 1.54) is 6.07 Å². The molecule has 1 aromatic carbocycles. The van der Waals surface area contributed by atoms with Gasteiger partial charge in [-0.2, -0.15) is 0 Å². The smallest absolute Gasteiger partial charge is 0.224 e. The van der Waals surface area contributed by atoms with Crippen LogP contribution in [0.5, 0.6) is 0 Å². The van der Waals surface area contributed by atoms with Gasteiger partial charge in [-0.15, -0.1) is 0 Å². The largest absolute Gasteiger partial charge is 0.330 e. The van der Waals surface area contributed by atoms with Crippen LogP contribution in [-0.2, 0) is 4.79 Å². The Balaban J connectivity index is 2.62. The van der Waals surface area contributed by atoms with E-state index < -0.39 is 11.6 Å². The van der Waals surface area contributed by atoms with E-state index in [1.54, 1.807) is 0 Å². The van der Waals surface area contributed by atoms with Crippen LogP contribution in [0.3, 0.4) is 0 Å². The molecule has 3 N–H and O–H groups in total. The van der Waals surface area contributed by atoms with Crippen LogP contribution in [0.25, 0.3) is 0 Å². The Morgan fingerprint density at radius 1 is 1.47 bits per heavy atom. The van der Waals surface area contributed by atoms with E-state index in [0.717, 1.165) is 18.6 Å². The third kappa shape index (κ3) is 4.11. The number of nitrogens with one attached hydrogen (secondary N) is 1. The van der Waals surface area contributed by atoms with Crippen molar-refractivity contribution in [1.82, 2.24) is 0 Å². The van der Waals surface area contributed by atoms with Gasteiger partial charge in [0, 0.05) is 12.5 Å². The maximum absolute atomic E-state index is 13.2. The van der Waals surface area contributed by atoms with Crippen molar-refractivity contribution in [2.75, 3.05) is 11.9 Å². The molecule has 0 aliphatic rings. The van der Waals surface area contributed by atoms with Gasteiger partial charge < -0.3 is 11.1 Å². The zero-order valence-electron chi connectivity index (χ0n) is 9.67.